The lowest BCUT2D eigenvalue weighted by atomic mass is 9.73. The van der Waals surface area contributed by atoms with Crippen LogP contribution in [0.2, 0.25) is 5.02 Å². The summed E-state index contributed by atoms with van der Waals surface area (Å²) >= 11 is 6.72. The Hall–Kier alpha value is -2.85. The van der Waals surface area contributed by atoms with Gasteiger partial charge in [-0.05, 0) is 62.6 Å². The van der Waals surface area contributed by atoms with E-state index in [1.54, 1.807) is 17.0 Å². The molecule has 0 bridgehead atoms. The molecule has 10 heteroatoms. The zero-order chi connectivity index (χ0) is 29.6. The number of piperidine rings is 1. The molecule has 0 radical (unpaired) electrons. The van der Waals surface area contributed by atoms with Crippen LogP contribution in [-0.2, 0) is 21.6 Å². The average Bonchev–Trinajstić information content (AvgIpc) is 3.33. The van der Waals surface area contributed by atoms with Crippen molar-refractivity contribution in [3.05, 3.63) is 58.6 Å². The van der Waals surface area contributed by atoms with Gasteiger partial charge in [-0.3, -0.25) is 4.79 Å². The highest BCUT2D eigenvalue weighted by Crippen LogP contribution is 2.47. The number of alkyl carbamates (subject to hydrolysis) is 1. The first-order chi connectivity index (χ1) is 19.7. The predicted octanol–water partition coefficient (Wildman–Crippen LogP) is 4.36. The Morgan fingerprint density at radius 3 is 2.68 bits per heavy atom. The molecule has 224 valence electrons. The van der Waals surface area contributed by atoms with Gasteiger partial charge in [-0.2, -0.15) is 0 Å². The minimum Gasteiger partial charge on any atom is -0.455 e. The molecule has 5 N–H and O–H groups in total. The summed E-state index contributed by atoms with van der Waals surface area (Å²) in [5.74, 6) is 0.366. The van der Waals surface area contributed by atoms with Crippen LogP contribution in [0.1, 0.15) is 56.6 Å². The van der Waals surface area contributed by atoms with E-state index in [0.717, 1.165) is 18.4 Å². The Bertz CT molecular complexity index is 1200. The molecular weight excluding hydrogens is 546 g/mol. The molecule has 1 saturated carbocycles. The topological polar surface area (TPSA) is 134 Å². The molecule has 4 rings (SSSR count). The molecule has 1 heterocycles. The predicted molar refractivity (Wildman–Crippen MR) is 157 cm³/mol. The number of aliphatic hydroxyl groups is 2. The molecule has 1 saturated heterocycles. The normalized spacial score (nSPS) is 24.0. The number of hydrogen-bond donors (Lipinski definition) is 4. The number of nitrogens with one attached hydrogen (secondary N) is 1. The number of likely N-dealkylation sites (tertiary alicyclic amines) is 1. The van der Waals surface area contributed by atoms with E-state index in [1.165, 1.54) is 7.11 Å². The van der Waals surface area contributed by atoms with Crippen molar-refractivity contribution in [1.29, 1.82) is 0 Å². The van der Waals surface area contributed by atoms with Crippen molar-refractivity contribution in [2.24, 2.45) is 17.6 Å². The summed E-state index contributed by atoms with van der Waals surface area (Å²) in [5, 5.41) is 25.8. The van der Waals surface area contributed by atoms with Gasteiger partial charge < -0.3 is 35.6 Å². The summed E-state index contributed by atoms with van der Waals surface area (Å²) < 4.78 is 11.1. The van der Waals surface area contributed by atoms with Crippen LogP contribution in [0.4, 0.5) is 4.79 Å². The first-order valence-electron chi connectivity index (χ1n) is 14.5. The Labute approximate surface area is 247 Å². The van der Waals surface area contributed by atoms with Crippen LogP contribution in [0.3, 0.4) is 0 Å². The van der Waals surface area contributed by atoms with Crippen molar-refractivity contribution >= 4 is 23.6 Å². The molecule has 1 aliphatic carbocycles. The fourth-order valence-electron chi connectivity index (χ4n) is 6.21. The van der Waals surface area contributed by atoms with Crippen molar-refractivity contribution in [2.45, 2.75) is 69.6 Å². The number of carbonyl (C=O) groups is 2. The number of carbonyl (C=O) groups excluding carboxylic acids is 2. The van der Waals surface area contributed by atoms with Gasteiger partial charge in [-0.1, -0.05) is 48.9 Å². The molecule has 2 aromatic carbocycles. The Morgan fingerprint density at radius 1 is 1.20 bits per heavy atom. The van der Waals surface area contributed by atoms with Crippen LogP contribution in [-0.4, -0.2) is 66.0 Å². The van der Waals surface area contributed by atoms with Crippen LogP contribution in [0.5, 0.6) is 11.5 Å². The van der Waals surface area contributed by atoms with Gasteiger partial charge in [0.05, 0.1) is 23.8 Å². The minimum absolute atomic E-state index is 0.0316. The smallest absolute Gasteiger partial charge is 0.406 e. The highest BCUT2D eigenvalue weighted by atomic mass is 35.5. The average molecular weight is 588 g/mol. The first-order valence-corrected chi connectivity index (χ1v) is 14.9. The monoisotopic (exact) mass is 587 g/mol. The molecular formula is C31H42ClN3O6. The maximum absolute atomic E-state index is 13.5. The summed E-state index contributed by atoms with van der Waals surface area (Å²) in [6.45, 7) is 3.28. The fraction of sp³-hybridized carbons (Fsp3) is 0.548. The fourth-order valence-corrected chi connectivity index (χ4v) is 6.43. The summed E-state index contributed by atoms with van der Waals surface area (Å²) in [6, 6.07) is 12.7. The Morgan fingerprint density at radius 2 is 1.98 bits per heavy atom. The molecule has 2 aliphatic rings. The highest BCUT2D eigenvalue weighted by molar-refractivity contribution is 6.32. The van der Waals surface area contributed by atoms with Crippen LogP contribution in [0, 0.1) is 11.8 Å². The van der Waals surface area contributed by atoms with E-state index in [0.29, 0.717) is 73.8 Å². The van der Waals surface area contributed by atoms with E-state index >= 15 is 0 Å². The standard InChI is InChI=1S/C31H42ClN3O6/c1-3-20-9-4-5-13-27(20)41-28-23(11-6-12-24(28)32)31(39,14-8-15-34-30(38)40-2)22-10-7-16-35(19-22)29(37)21-17-25(33)26(36)18-21/h4-6,9,11-13,21-22,25-26,36,39H,3,7-8,10,14-19,33H2,1-2H3,(H,34,38). The van der Waals surface area contributed by atoms with E-state index in [9.17, 15) is 19.8 Å². The molecule has 2 fully saturated rings. The molecule has 2 aromatic rings. The number of para-hydroxylation sites is 2. The number of rotatable bonds is 10. The van der Waals surface area contributed by atoms with E-state index < -0.39 is 23.8 Å². The van der Waals surface area contributed by atoms with E-state index in [-0.39, 0.29) is 17.7 Å². The Balaban J connectivity index is 1.66. The molecule has 5 unspecified atom stereocenters. The van der Waals surface area contributed by atoms with Gasteiger partial charge in [-0.25, -0.2) is 4.79 Å². The lowest BCUT2D eigenvalue weighted by Crippen LogP contribution is -2.49. The molecule has 0 spiro atoms. The van der Waals surface area contributed by atoms with Gasteiger partial charge in [0, 0.05) is 43.1 Å². The third-order valence-electron chi connectivity index (χ3n) is 8.52. The summed E-state index contributed by atoms with van der Waals surface area (Å²) in [5.41, 5.74) is 6.14. The number of aliphatic hydroxyl groups excluding tert-OH is 1. The molecule has 5 atom stereocenters. The second-order valence-corrected chi connectivity index (χ2v) is 11.6. The number of benzene rings is 2. The van der Waals surface area contributed by atoms with Gasteiger partial charge in [0.25, 0.3) is 0 Å². The lowest BCUT2D eigenvalue weighted by Gasteiger charge is -2.44. The summed E-state index contributed by atoms with van der Waals surface area (Å²) in [7, 11) is 1.30. The van der Waals surface area contributed by atoms with E-state index in [2.05, 4.69) is 10.1 Å². The third-order valence-corrected chi connectivity index (χ3v) is 8.82. The molecule has 9 nitrogen and oxygen atoms in total. The molecule has 0 aromatic heterocycles. The highest BCUT2D eigenvalue weighted by Gasteiger charge is 2.45. The van der Waals surface area contributed by atoms with Gasteiger partial charge in [-0.15, -0.1) is 0 Å². The van der Waals surface area contributed by atoms with E-state index in [4.69, 9.17) is 22.1 Å². The molecule has 1 aliphatic heterocycles. The molecule has 2 amide bonds. The number of halogens is 1. The SMILES string of the molecule is CCc1ccccc1Oc1c(Cl)cccc1C(O)(CCCNC(=O)OC)C1CCCN(C(=O)C2CC(N)C(O)C2)C1. The van der Waals surface area contributed by atoms with Crippen LogP contribution in [0.15, 0.2) is 42.5 Å². The molecule has 41 heavy (non-hydrogen) atoms. The van der Waals surface area contributed by atoms with Crippen molar-refractivity contribution in [1.82, 2.24) is 10.2 Å². The number of amides is 2. The van der Waals surface area contributed by atoms with Crippen molar-refractivity contribution in [3.8, 4) is 11.5 Å². The van der Waals surface area contributed by atoms with Crippen LogP contribution in [0.25, 0.3) is 0 Å². The van der Waals surface area contributed by atoms with Crippen molar-refractivity contribution in [3.63, 3.8) is 0 Å². The zero-order valence-electron chi connectivity index (χ0n) is 23.9. The van der Waals surface area contributed by atoms with E-state index in [1.807, 2.05) is 37.3 Å². The number of ether oxygens (including phenoxy) is 2. The van der Waals surface area contributed by atoms with Gasteiger partial charge in [0.1, 0.15) is 5.75 Å². The Kier molecular flexibility index (Phi) is 10.5. The van der Waals surface area contributed by atoms with Crippen molar-refractivity contribution < 1.29 is 29.3 Å². The summed E-state index contributed by atoms with van der Waals surface area (Å²) in [4.78, 5) is 26.9. The maximum atomic E-state index is 13.5. The van der Waals surface area contributed by atoms with Gasteiger partial charge in [0.15, 0.2) is 5.75 Å². The second-order valence-electron chi connectivity index (χ2n) is 11.1. The largest absolute Gasteiger partial charge is 0.455 e. The maximum Gasteiger partial charge on any atom is 0.406 e. The zero-order valence-corrected chi connectivity index (χ0v) is 24.6. The number of aryl methyl sites for hydroxylation is 1. The van der Waals surface area contributed by atoms with Crippen LogP contribution < -0.4 is 15.8 Å². The van der Waals surface area contributed by atoms with Gasteiger partial charge >= 0.3 is 6.09 Å². The van der Waals surface area contributed by atoms with Crippen molar-refractivity contribution in [2.75, 3.05) is 26.7 Å². The first kappa shape index (κ1) is 31.1. The minimum atomic E-state index is -1.41. The summed E-state index contributed by atoms with van der Waals surface area (Å²) in [6.07, 6.45) is 2.51. The lowest BCUT2D eigenvalue weighted by molar-refractivity contribution is -0.141. The van der Waals surface area contributed by atoms with Crippen LogP contribution >= 0.6 is 11.6 Å². The quantitative estimate of drug-likeness (QED) is 0.303. The number of nitrogens with zero attached hydrogens (tertiary/aromatic N) is 1. The van der Waals surface area contributed by atoms with Gasteiger partial charge in [0.2, 0.25) is 5.91 Å². The second kappa shape index (κ2) is 13.9. The number of nitrogens with two attached hydrogens (primary N) is 1. The number of methoxy groups -OCH3 is 1. The third kappa shape index (κ3) is 7.15. The number of hydrogen-bond acceptors (Lipinski definition) is 7.